The lowest BCUT2D eigenvalue weighted by atomic mass is 9.92. The Bertz CT molecular complexity index is 3670. The largest absolute Gasteiger partial charge is 0.455 e. The van der Waals surface area contributed by atoms with Crippen molar-refractivity contribution in [3.63, 3.8) is 0 Å². The van der Waals surface area contributed by atoms with E-state index in [1.807, 2.05) is 36.4 Å². The van der Waals surface area contributed by atoms with Crippen molar-refractivity contribution < 1.29 is 4.42 Å². The van der Waals surface area contributed by atoms with E-state index < -0.39 is 0 Å². The van der Waals surface area contributed by atoms with Crippen LogP contribution >= 0.6 is 0 Å². The average Bonchev–Trinajstić information content (AvgIpc) is 3.78. The maximum atomic E-state index is 6.72. The maximum Gasteiger partial charge on any atom is 0.164 e. The number of nitrogens with zero attached hydrogens (tertiary/aromatic N) is 3. The maximum absolute atomic E-state index is 6.72. The zero-order valence-electron chi connectivity index (χ0n) is 34.1. The highest BCUT2D eigenvalue weighted by atomic mass is 16.3. The van der Waals surface area contributed by atoms with Crippen molar-refractivity contribution >= 4 is 43.5 Å². The highest BCUT2D eigenvalue weighted by molar-refractivity contribution is 6.32. The van der Waals surface area contributed by atoms with Crippen LogP contribution in [0.4, 0.5) is 0 Å². The van der Waals surface area contributed by atoms with Crippen LogP contribution in [0.1, 0.15) is 0 Å². The van der Waals surface area contributed by atoms with Gasteiger partial charge in [0.15, 0.2) is 17.5 Å². The van der Waals surface area contributed by atoms with Crippen LogP contribution in [0.2, 0.25) is 0 Å². The van der Waals surface area contributed by atoms with E-state index in [9.17, 15) is 0 Å². The van der Waals surface area contributed by atoms with Gasteiger partial charge in [-0.15, -0.1) is 0 Å². The number of hydrogen-bond acceptors (Lipinski definition) is 4. The summed E-state index contributed by atoms with van der Waals surface area (Å²) in [7, 11) is 0. The fourth-order valence-corrected chi connectivity index (χ4v) is 9.06. The van der Waals surface area contributed by atoms with E-state index in [1.165, 1.54) is 21.7 Å². The standard InChI is InChI=1S/C59H37N3O/c1-3-15-38(16-4-1)39-31-33-41(34-32-39)58-60-57(40-17-5-2-6-18-40)61-59(62-58)47-24-13-22-45(37-47)43-20-11-19-42(35-43)44-21-12-23-46(36-44)48-29-14-30-53-54(48)55-51-27-9-7-25-49(51)50-26-8-10-28-52(50)56(55)63-53/h1-37H. The summed E-state index contributed by atoms with van der Waals surface area (Å²) in [4.78, 5) is 15.1. The first-order chi connectivity index (χ1) is 31.2. The molecule has 0 fully saturated rings. The molecule has 0 saturated heterocycles. The molecule has 12 aromatic rings. The second kappa shape index (κ2) is 15.2. The third-order valence-corrected chi connectivity index (χ3v) is 12.1. The molecular formula is C59H37N3O. The van der Waals surface area contributed by atoms with Gasteiger partial charge in [0.25, 0.3) is 0 Å². The molecule has 2 heterocycles. The van der Waals surface area contributed by atoms with Crippen LogP contribution < -0.4 is 0 Å². The fraction of sp³-hybridized carbons (Fsp3) is 0. The number of hydrogen-bond donors (Lipinski definition) is 0. The lowest BCUT2D eigenvalue weighted by Crippen LogP contribution is -2.00. The molecule has 0 radical (unpaired) electrons. The summed E-state index contributed by atoms with van der Waals surface area (Å²) in [5.41, 5.74) is 13.7. The van der Waals surface area contributed by atoms with Crippen molar-refractivity contribution in [1.82, 2.24) is 15.0 Å². The third-order valence-electron chi connectivity index (χ3n) is 12.1. The Hall–Kier alpha value is -8.47. The Labute approximate surface area is 364 Å². The second-order valence-electron chi connectivity index (χ2n) is 15.9. The molecule has 2 aromatic heterocycles. The van der Waals surface area contributed by atoms with Crippen molar-refractivity contribution in [1.29, 1.82) is 0 Å². The predicted molar refractivity (Wildman–Crippen MR) is 260 cm³/mol. The van der Waals surface area contributed by atoms with Crippen molar-refractivity contribution in [2.75, 3.05) is 0 Å². The average molecular weight is 804 g/mol. The summed E-state index contributed by atoms with van der Waals surface area (Å²) in [5, 5.41) is 7.06. The number of fused-ring (bicyclic) bond motifs is 8. The van der Waals surface area contributed by atoms with Gasteiger partial charge in [0.1, 0.15) is 11.2 Å². The molecular weight excluding hydrogens is 767 g/mol. The first kappa shape index (κ1) is 36.4. The molecule has 10 aromatic carbocycles. The quantitative estimate of drug-likeness (QED) is 0.151. The van der Waals surface area contributed by atoms with E-state index in [2.05, 4.69) is 188 Å². The number of furan rings is 1. The van der Waals surface area contributed by atoms with Gasteiger partial charge in [-0.25, -0.2) is 15.0 Å². The van der Waals surface area contributed by atoms with E-state index >= 15 is 0 Å². The Balaban J connectivity index is 0.921. The van der Waals surface area contributed by atoms with E-state index in [-0.39, 0.29) is 0 Å². The molecule has 0 aliphatic rings. The van der Waals surface area contributed by atoms with Crippen LogP contribution in [0.3, 0.4) is 0 Å². The van der Waals surface area contributed by atoms with Gasteiger partial charge in [-0.3, -0.25) is 0 Å². The summed E-state index contributed by atoms with van der Waals surface area (Å²) < 4.78 is 6.72. The van der Waals surface area contributed by atoms with Crippen LogP contribution in [-0.4, -0.2) is 15.0 Å². The molecule has 0 unspecified atom stereocenters. The molecule has 294 valence electrons. The SMILES string of the molecule is c1ccc(-c2ccc(-c3nc(-c4ccccc4)nc(-c4cccc(-c5cccc(-c6cccc(-c7cccc8oc9c%10ccccc%10c%10ccccc%10c9c78)c6)c5)c4)n3)cc2)cc1. The first-order valence-corrected chi connectivity index (χ1v) is 21.3. The van der Waals surface area contributed by atoms with Gasteiger partial charge in [-0.05, 0) is 84.9 Å². The van der Waals surface area contributed by atoms with Gasteiger partial charge in [-0.2, -0.15) is 0 Å². The van der Waals surface area contributed by atoms with Crippen LogP contribution in [0, 0.1) is 0 Å². The fourth-order valence-electron chi connectivity index (χ4n) is 9.06. The Morgan fingerprint density at radius 2 is 0.651 bits per heavy atom. The van der Waals surface area contributed by atoms with E-state index in [4.69, 9.17) is 19.4 Å². The molecule has 0 atom stereocenters. The molecule has 63 heavy (non-hydrogen) atoms. The minimum absolute atomic E-state index is 0.624. The molecule has 0 saturated carbocycles. The van der Waals surface area contributed by atoms with Crippen LogP contribution in [0.15, 0.2) is 229 Å². The minimum atomic E-state index is 0.624. The molecule has 0 N–H and O–H groups in total. The van der Waals surface area contributed by atoms with Crippen LogP contribution in [0.25, 0.3) is 122 Å². The Kier molecular flexibility index (Phi) is 8.79. The molecule has 4 nitrogen and oxygen atoms in total. The predicted octanol–water partition coefficient (Wildman–Crippen LogP) is 15.7. The van der Waals surface area contributed by atoms with Gasteiger partial charge in [-0.1, -0.05) is 200 Å². The molecule has 0 spiro atoms. The summed E-state index contributed by atoms with van der Waals surface area (Å²) in [5.74, 6) is 1.89. The van der Waals surface area contributed by atoms with Crippen molar-refractivity contribution in [3.8, 4) is 78.7 Å². The molecule has 0 bridgehead atoms. The molecule has 4 heteroatoms. The number of benzene rings is 10. The van der Waals surface area contributed by atoms with Gasteiger partial charge >= 0.3 is 0 Å². The zero-order chi connectivity index (χ0) is 41.7. The molecule has 0 aliphatic heterocycles. The highest BCUT2D eigenvalue weighted by Gasteiger charge is 2.19. The lowest BCUT2D eigenvalue weighted by molar-refractivity contribution is 0.673. The summed E-state index contributed by atoms with van der Waals surface area (Å²) in [6.45, 7) is 0. The lowest BCUT2D eigenvalue weighted by Gasteiger charge is -2.11. The number of aromatic nitrogens is 3. The monoisotopic (exact) mass is 803 g/mol. The topological polar surface area (TPSA) is 51.8 Å². The molecule has 0 amide bonds. The van der Waals surface area contributed by atoms with Gasteiger partial charge in [0.05, 0.1) is 0 Å². The molecule has 12 rings (SSSR count). The number of rotatable bonds is 7. The second-order valence-corrected chi connectivity index (χ2v) is 15.9. The normalized spacial score (nSPS) is 11.5. The zero-order valence-corrected chi connectivity index (χ0v) is 34.1. The molecule has 0 aliphatic carbocycles. The smallest absolute Gasteiger partial charge is 0.164 e. The van der Waals surface area contributed by atoms with Crippen LogP contribution in [-0.2, 0) is 0 Å². The van der Waals surface area contributed by atoms with E-state index in [1.54, 1.807) is 0 Å². The van der Waals surface area contributed by atoms with Crippen LogP contribution in [0.5, 0.6) is 0 Å². The van der Waals surface area contributed by atoms with E-state index in [0.29, 0.717) is 17.5 Å². The third kappa shape index (κ3) is 6.53. The summed E-state index contributed by atoms with van der Waals surface area (Å²) >= 11 is 0. The summed E-state index contributed by atoms with van der Waals surface area (Å²) in [6.07, 6.45) is 0. The Morgan fingerprint density at radius 1 is 0.254 bits per heavy atom. The van der Waals surface area contributed by atoms with E-state index in [0.717, 1.165) is 83.0 Å². The highest BCUT2D eigenvalue weighted by Crippen LogP contribution is 2.44. The van der Waals surface area contributed by atoms with Gasteiger partial charge < -0.3 is 4.42 Å². The minimum Gasteiger partial charge on any atom is -0.455 e. The summed E-state index contributed by atoms with van der Waals surface area (Å²) in [6, 6.07) is 78.7. The van der Waals surface area contributed by atoms with Crippen molar-refractivity contribution in [2.45, 2.75) is 0 Å². The van der Waals surface area contributed by atoms with Gasteiger partial charge in [0.2, 0.25) is 0 Å². The van der Waals surface area contributed by atoms with Gasteiger partial charge in [0, 0.05) is 32.8 Å². The van der Waals surface area contributed by atoms with Crippen molar-refractivity contribution in [3.05, 3.63) is 224 Å². The Morgan fingerprint density at radius 3 is 1.29 bits per heavy atom. The van der Waals surface area contributed by atoms with Crippen molar-refractivity contribution in [2.24, 2.45) is 0 Å². The first-order valence-electron chi connectivity index (χ1n) is 21.3.